The van der Waals surface area contributed by atoms with Gasteiger partial charge in [0.1, 0.15) is 12.2 Å². The van der Waals surface area contributed by atoms with E-state index in [0.717, 1.165) is 7.11 Å². The van der Waals surface area contributed by atoms with E-state index < -0.39 is 37.9 Å². The molecule has 1 fully saturated rings. The summed E-state index contributed by atoms with van der Waals surface area (Å²) in [7, 11) is -1.78. The van der Waals surface area contributed by atoms with Gasteiger partial charge < -0.3 is 20.1 Å². The van der Waals surface area contributed by atoms with Crippen molar-refractivity contribution in [1.29, 1.82) is 0 Å². The molecule has 0 amide bonds. The highest BCUT2D eigenvalue weighted by Gasteiger charge is 2.49. The lowest BCUT2D eigenvalue weighted by molar-refractivity contribution is -0.0497. The number of anilines is 1. The number of phosphoric ester groups is 1. The molecule has 1 aliphatic heterocycles. The van der Waals surface area contributed by atoms with Crippen LogP contribution in [0.5, 0.6) is 0 Å². The summed E-state index contributed by atoms with van der Waals surface area (Å²) in [5, 5.41) is 0. The van der Waals surface area contributed by atoms with Gasteiger partial charge in [0.05, 0.1) is 12.4 Å². The molecule has 3 heterocycles. The minimum absolute atomic E-state index is 0.0738. The molecular weight excluding hydrogens is 369 g/mol. The number of H-pyrrole nitrogens is 1. The molecule has 2 aromatic rings. The van der Waals surface area contributed by atoms with Gasteiger partial charge in [-0.3, -0.25) is 23.4 Å². The molecule has 0 radical (unpaired) electrons. The molecular formula is C13H20N5O7P. The van der Waals surface area contributed by atoms with Crippen LogP contribution < -0.4 is 11.3 Å². The van der Waals surface area contributed by atoms with E-state index in [0.29, 0.717) is 6.42 Å². The largest absolute Gasteiger partial charge is 0.472 e. The lowest BCUT2D eigenvalue weighted by Gasteiger charge is -2.24. The monoisotopic (exact) mass is 389 g/mol. The summed E-state index contributed by atoms with van der Waals surface area (Å²) in [6.07, 6.45) is -1.18. The average Bonchev–Trinajstić information content (AvgIpc) is 3.15. The molecule has 1 saturated heterocycles. The Morgan fingerprint density at radius 1 is 1.46 bits per heavy atom. The van der Waals surface area contributed by atoms with Crippen LogP contribution in [0.4, 0.5) is 5.95 Å². The van der Waals surface area contributed by atoms with E-state index in [4.69, 9.17) is 19.7 Å². The first-order valence-corrected chi connectivity index (χ1v) is 9.28. The Hall–Kier alpha value is -1.82. The van der Waals surface area contributed by atoms with Gasteiger partial charge in [-0.25, -0.2) is 9.55 Å². The topological polar surface area (TPSA) is 164 Å². The molecule has 0 saturated carbocycles. The number of nitrogens with two attached hydrogens (primary N) is 1. The fourth-order valence-corrected chi connectivity index (χ4v) is 3.61. The molecule has 2 unspecified atom stereocenters. The standard InChI is InChI=1S/C13H20N5O7P/c1-4-6-8(25-26(20,21)23-3)9(22-2)12(24-6)18-5-15-7-10(18)16-13(14)17-11(7)19/h5-6,8-9,12H,4H2,1-3H3,(H,20,21)(H3,14,16,17,19)/t6-,8?,9+,12-/m1/s1. The molecule has 4 N–H and O–H groups in total. The molecule has 2 aromatic heterocycles. The Bertz CT molecular complexity index is 899. The highest BCUT2D eigenvalue weighted by molar-refractivity contribution is 7.47. The Labute approximate surface area is 147 Å². The van der Waals surface area contributed by atoms with Gasteiger partial charge in [-0.15, -0.1) is 0 Å². The maximum atomic E-state index is 12.0. The Balaban J connectivity index is 2.03. The van der Waals surface area contributed by atoms with E-state index in [-0.39, 0.29) is 17.1 Å². The van der Waals surface area contributed by atoms with E-state index in [9.17, 15) is 14.3 Å². The zero-order valence-corrected chi connectivity index (χ0v) is 15.3. The molecule has 0 aromatic carbocycles. The third-order valence-electron chi connectivity index (χ3n) is 4.17. The number of hydrogen-bond acceptors (Lipinski definition) is 9. The number of methoxy groups -OCH3 is 1. The van der Waals surface area contributed by atoms with E-state index in [1.807, 2.05) is 6.92 Å². The van der Waals surface area contributed by atoms with Crippen LogP contribution in [0.3, 0.4) is 0 Å². The molecule has 0 aliphatic carbocycles. The molecule has 12 nitrogen and oxygen atoms in total. The lowest BCUT2D eigenvalue weighted by atomic mass is 10.1. The fourth-order valence-electron chi connectivity index (χ4n) is 2.96. The number of imidazole rings is 1. The van der Waals surface area contributed by atoms with Gasteiger partial charge in [-0.1, -0.05) is 6.92 Å². The molecule has 5 atom stereocenters. The summed E-state index contributed by atoms with van der Waals surface area (Å²) in [5.41, 5.74) is 5.41. The van der Waals surface area contributed by atoms with Crippen molar-refractivity contribution in [3.05, 3.63) is 16.7 Å². The van der Waals surface area contributed by atoms with Crippen LogP contribution in [0.25, 0.3) is 11.2 Å². The minimum atomic E-state index is -4.27. The highest BCUT2D eigenvalue weighted by atomic mass is 31.2. The first-order valence-electron chi connectivity index (χ1n) is 7.78. The van der Waals surface area contributed by atoms with Crippen molar-refractivity contribution >= 4 is 24.9 Å². The molecule has 0 bridgehead atoms. The summed E-state index contributed by atoms with van der Waals surface area (Å²) >= 11 is 0. The van der Waals surface area contributed by atoms with Crippen molar-refractivity contribution in [3.8, 4) is 0 Å². The van der Waals surface area contributed by atoms with Crippen molar-refractivity contribution in [1.82, 2.24) is 19.5 Å². The zero-order valence-electron chi connectivity index (χ0n) is 14.4. The number of ether oxygens (including phenoxy) is 2. The van der Waals surface area contributed by atoms with Crippen LogP contribution in [0.15, 0.2) is 11.1 Å². The third kappa shape index (κ3) is 3.27. The number of hydrogen-bond donors (Lipinski definition) is 3. The van der Waals surface area contributed by atoms with Crippen molar-refractivity contribution < 1.29 is 28.0 Å². The van der Waals surface area contributed by atoms with E-state index >= 15 is 0 Å². The van der Waals surface area contributed by atoms with Gasteiger partial charge >= 0.3 is 7.82 Å². The summed E-state index contributed by atoms with van der Waals surface area (Å²) in [4.78, 5) is 32.1. The van der Waals surface area contributed by atoms with Gasteiger partial charge in [-0.2, -0.15) is 4.98 Å². The van der Waals surface area contributed by atoms with Gasteiger partial charge in [-0.05, 0) is 6.42 Å². The average molecular weight is 389 g/mol. The number of nitrogens with one attached hydrogen (secondary N) is 1. The second kappa shape index (κ2) is 7.06. The Morgan fingerprint density at radius 2 is 2.19 bits per heavy atom. The van der Waals surface area contributed by atoms with Gasteiger partial charge in [0.25, 0.3) is 5.56 Å². The second-order valence-corrected chi connectivity index (χ2v) is 7.18. The first-order chi connectivity index (χ1) is 12.3. The predicted molar refractivity (Wildman–Crippen MR) is 89.3 cm³/mol. The number of aromatic amines is 1. The Morgan fingerprint density at radius 3 is 2.81 bits per heavy atom. The van der Waals surface area contributed by atoms with Gasteiger partial charge in [0, 0.05) is 14.2 Å². The summed E-state index contributed by atoms with van der Waals surface area (Å²) in [6.45, 7) is 1.83. The summed E-state index contributed by atoms with van der Waals surface area (Å²) in [5.74, 6) is -0.0738. The molecule has 0 spiro atoms. The van der Waals surface area contributed by atoms with E-state index in [1.165, 1.54) is 18.0 Å². The summed E-state index contributed by atoms with van der Waals surface area (Å²) < 4.78 is 34.5. The molecule has 3 rings (SSSR count). The lowest BCUT2D eigenvalue weighted by Crippen LogP contribution is -2.35. The second-order valence-electron chi connectivity index (χ2n) is 5.67. The van der Waals surface area contributed by atoms with Crippen LogP contribution in [0, 0.1) is 0 Å². The maximum absolute atomic E-state index is 12.0. The van der Waals surface area contributed by atoms with Crippen LogP contribution in [-0.4, -0.2) is 56.9 Å². The van der Waals surface area contributed by atoms with Crippen LogP contribution in [-0.2, 0) is 23.1 Å². The van der Waals surface area contributed by atoms with Crippen molar-refractivity contribution in [2.45, 2.75) is 37.9 Å². The van der Waals surface area contributed by atoms with Crippen LogP contribution in [0.1, 0.15) is 19.6 Å². The van der Waals surface area contributed by atoms with Crippen molar-refractivity contribution in [2.24, 2.45) is 0 Å². The number of phosphoric acid groups is 1. The van der Waals surface area contributed by atoms with Gasteiger partial charge in [0.15, 0.2) is 17.4 Å². The third-order valence-corrected chi connectivity index (χ3v) is 5.14. The van der Waals surface area contributed by atoms with Crippen molar-refractivity contribution in [2.75, 3.05) is 20.0 Å². The quantitative estimate of drug-likeness (QED) is 0.579. The molecule has 144 valence electrons. The zero-order chi connectivity index (χ0) is 19.1. The normalized spacial score (nSPS) is 28.5. The maximum Gasteiger partial charge on any atom is 0.472 e. The molecule has 26 heavy (non-hydrogen) atoms. The fraction of sp³-hybridized carbons (Fsp3) is 0.615. The van der Waals surface area contributed by atoms with E-state index in [1.54, 1.807) is 0 Å². The van der Waals surface area contributed by atoms with Crippen LogP contribution >= 0.6 is 7.82 Å². The van der Waals surface area contributed by atoms with E-state index in [2.05, 4.69) is 19.5 Å². The SMILES string of the molecule is CC[C@H]1O[C@@H](n2cnc3c(=O)[nH]c(N)nc32)[C@@H](OC)C1OP(=O)(O)OC. The van der Waals surface area contributed by atoms with Crippen molar-refractivity contribution in [3.63, 3.8) is 0 Å². The van der Waals surface area contributed by atoms with Gasteiger partial charge in [0.2, 0.25) is 5.95 Å². The summed E-state index contributed by atoms with van der Waals surface area (Å²) in [6, 6.07) is 0. The molecule has 1 aliphatic rings. The number of nitrogens with zero attached hydrogens (tertiary/aromatic N) is 3. The number of rotatable bonds is 6. The highest BCUT2D eigenvalue weighted by Crippen LogP contribution is 2.48. The number of nitrogen functional groups attached to an aromatic ring is 1. The molecule has 13 heteroatoms. The Kier molecular flexibility index (Phi) is 5.15. The van der Waals surface area contributed by atoms with Crippen LogP contribution in [0.2, 0.25) is 0 Å². The predicted octanol–water partition coefficient (Wildman–Crippen LogP) is 0.156. The number of fused-ring (bicyclic) bond motifs is 1. The smallest absolute Gasteiger partial charge is 0.374 e. The minimum Gasteiger partial charge on any atom is -0.374 e. The first kappa shape index (κ1) is 19.0. The number of aromatic nitrogens is 4.